The molecule has 1 saturated carbocycles. The minimum Gasteiger partial charge on any atom is -0.493 e. The van der Waals surface area contributed by atoms with E-state index in [-0.39, 0.29) is 0 Å². The third kappa shape index (κ3) is 3.19. The van der Waals surface area contributed by atoms with E-state index in [0.717, 1.165) is 0 Å². The maximum absolute atomic E-state index is 13.6. The predicted molar refractivity (Wildman–Crippen MR) is 64.5 cm³/mol. The van der Waals surface area contributed by atoms with E-state index in [0.29, 0.717) is 23.8 Å². The number of hydrogen-bond donors (Lipinski definition) is 1. The molecule has 1 aliphatic rings. The first-order valence-electron chi connectivity index (χ1n) is 6.27. The lowest BCUT2D eigenvalue weighted by molar-refractivity contribution is 0.193. The van der Waals surface area contributed by atoms with Gasteiger partial charge >= 0.3 is 0 Å². The van der Waals surface area contributed by atoms with E-state index < -0.39 is 11.9 Å². The molecule has 0 unspecified atom stereocenters. The highest BCUT2D eigenvalue weighted by molar-refractivity contribution is 5.30. The van der Waals surface area contributed by atoms with Gasteiger partial charge in [0, 0.05) is 11.6 Å². The molecule has 0 spiro atoms. The summed E-state index contributed by atoms with van der Waals surface area (Å²) in [4.78, 5) is 0. The van der Waals surface area contributed by atoms with Crippen LogP contribution in [0.3, 0.4) is 0 Å². The van der Waals surface area contributed by atoms with Gasteiger partial charge in [-0.3, -0.25) is 0 Å². The summed E-state index contributed by atoms with van der Waals surface area (Å²) >= 11 is 0. The van der Waals surface area contributed by atoms with Crippen LogP contribution in [0.4, 0.5) is 4.39 Å². The summed E-state index contributed by atoms with van der Waals surface area (Å²) in [5.74, 6) is 0.775. The van der Waals surface area contributed by atoms with Crippen molar-refractivity contribution < 1.29 is 14.2 Å². The SMILES string of the molecule is C[C@H](O)c1ccc(OCC2CCCC2)cc1F. The molecule has 0 amide bonds. The molecule has 0 saturated heterocycles. The molecule has 1 atom stereocenters. The van der Waals surface area contributed by atoms with Gasteiger partial charge < -0.3 is 9.84 Å². The summed E-state index contributed by atoms with van der Waals surface area (Å²) in [6.07, 6.45) is 4.22. The summed E-state index contributed by atoms with van der Waals surface area (Å²) in [5.41, 5.74) is 0.318. The Balaban J connectivity index is 1.94. The second-order valence-electron chi connectivity index (χ2n) is 4.82. The van der Waals surface area contributed by atoms with E-state index in [1.54, 1.807) is 19.1 Å². The average Bonchev–Trinajstić information content (AvgIpc) is 2.78. The number of hydrogen-bond acceptors (Lipinski definition) is 2. The molecule has 1 aromatic carbocycles. The van der Waals surface area contributed by atoms with Crippen LogP contribution in [0.2, 0.25) is 0 Å². The summed E-state index contributed by atoms with van der Waals surface area (Å²) in [6.45, 7) is 2.23. The van der Waals surface area contributed by atoms with Crippen molar-refractivity contribution in [1.29, 1.82) is 0 Å². The van der Waals surface area contributed by atoms with Gasteiger partial charge in [-0.2, -0.15) is 0 Å². The van der Waals surface area contributed by atoms with Gasteiger partial charge in [-0.15, -0.1) is 0 Å². The third-order valence-corrected chi connectivity index (χ3v) is 3.38. The van der Waals surface area contributed by atoms with E-state index >= 15 is 0 Å². The highest BCUT2D eigenvalue weighted by Gasteiger charge is 2.16. The molecule has 0 heterocycles. The standard InChI is InChI=1S/C14H19FO2/c1-10(16)13-7-6-12(8-14(13)15)17-9-11-4-2-3-5-11/h6-8,10-11,16H,2-5,9H2,1H3/t10-/m0/s1. The fraction of sp³-hybridized carbons (Fsp3) is 0.571. The molecule has 0 aromatic heterocycles. The number of rotatable bonds is 4. The maximum atomic E-state index is 13.6. The Morgan fingerprint density at radius 1 is 1.41 bits per heavy atom. The summed E-state index contributed by atoms with van der Waals surface area (Å²) < 4.78 is 19.1. The first-order chi connectivity index (χ1) is 8.16. The molecule has 0 bridgehead atoms. The van der Waals surface area contributed by atoms with Gasteiger partial charge in [-0.1, -0.05) is 12.8 Å². The van der Waals surface area contributed by atoms with Gasteiger partial charge in [0.2, 0.25) is 0 Å². The van der Waals surface area contributed by atoms with Gasteiger partial charge in [0.05, 0.1) is 12.7 Å². The molecule has 17 heavy (non-hydrogen) atoms. The average molecular weight is 238 g/mol. The zero-order valence-electron chi connectivity index (χ0n) is 10.2. The van der Waals surface area contributed by atoms with E-state index in [1.165, 1.54) is 31.7 Å². The van der Waals surface area contributed by atoms with Crippen LogP contribution in [0.25, 0.3) is 0 Å². The lowest BCUT2D eigenvalue weighted by Crippen LogP contribution is -2.08. The van der Waals surface area contributed by atoms with Crippen molar-refractivity contribution in [2.45, 2.75) is 38.7 Å². The Morgan fingerprint density at radius 3 is 2.71 bits per heavy atom. The zero-order valence-corrected chi connectivity index (χ0v) is 10.2. The Hall–Kier alpha value is -1.09. The summed E-state index contributed by atoms with van der Waals surface area (Å²) in [6, 6.07) is 4.67. The van der Waals surface area contributed by atoms with E-state index in [4.69, 9.17) is 4.74 Å². The number of halogens is 1. The van der Waals surface area contributed by atoms with Gasteiger partial charge in [-0.05, 0) is 37.8 Å². The second-order valence-corrected chi connectivity index (χ2v) is 4.82. The van der Waals surface area contributed by atoms with Crippen molar-refractivity contribution in [2.24, 2.45) is 5.92 Å². The molecular weight excluding hydrogens is 219 g/mol. The lowest BCUT2D eigenvalue weighted by Gasteiger charge is -2.13. The van der Waals surface area contributed by atoms with Crippen LogP contribution >= 0.6 is 0 Å². The minimum atomic E-state index is -0.779. The van der Waals surface area contributed by atoms with Crippen LogP contribution in [0.15, 0.2) is 18.2 Å². The molecule has 0 radical (unpaired) electrons. The van der Waals surface area contributed by atoms with Crippen molar-refractivity contribution in [3.8, 4) is 5.75 Å². The van der Waals surface area contributed by atoms with Gasteiger partial charge in [0.1, 0.15) is 11.6 Å². The van der Waals surface area contributed by atoms with Crippen LogP contribution in [-0.4, -0.2) is 11.7 Å². The van der Waals surface area contributed by atoms with Crippen LogP contribution in [0.5, 0.6) is 5.75 Å². The van der Waals surface area contributed by atoms with Crippen molar-refractivity contribution >= 4 is 0 Å². The van der Waals surface area contributed by atoms with Gasteiger partial charge in [0.25, 0.3) is 0 Å². The van der Waals surface area contributed by atoms with E-state index in [2.05, 4.69) is 0 Å². The smallest absolute Gasteiger partial charge is 0.132 e. The molecule has 1 aromatic rings. The fourth-order valence-electron chi connectivity index (χ4n) is 2.33. The molecule has 0 aliphatic heterocycles. The quantitative estimate of drug-likeness (QED) is 0.870. The van der Waals surface area contributed by atoms with E-state index in [9.17, 15) is 9.50 Å². The number of aliphatic hydroxyl groups is 1. The summed E-state index contributed by atoms with van der Waals surface area (Å²) in [7, 11) is 0. The summed E-state index contributed by atoms with van der Waals surface area (Å²) in [5, 5.41) is 9.32. The molecular formula is C14H19FO2. The Labute approximate surface area is 101 Å². The predicted octanol–water partition coefficient (Wildman–Crippen LogP) is 3.45. The molecule has 2 nitrogen and oxygen atoms in total. The Kier molecular flexibility index (Phi) is 4.00. The topological polar surface area (TPSA) is 29.5 Å². The third-order valence-electron chi connectivity index (χ3n) is 3.38. The lowest BCUT2D eigenvalue weighted by atomic mass is 10.1. The normalized spacial score (nSPS) is 18.3. The molecule has 1 fully saturated rings. The largest absolute Gasteiger partial charge is 0.493 e. The highest BCUT2D eigenvalue weighted by atomic mass is 19.1. The molecule has 1 aliphatic carbocycles. The first kappa shape index (κ1) is 12.4. The number of aliphatic hydroxyl groups excluding tert-OH is 1. The van der Waals surface area contributed by atoms with Crippen molar-refractivity contribution in [2.75, 3.05) is 6.61 Å². The van der Waals surface area contributed by atoms with Crippen LogP contribution in [0.1, 0.15) is 44.3 Å². The first-order valence-corrected chi connectivity index (χ1v) is 6.27. The molecule has 1 N–H and O–H groups in total. The maximum Gasteiger partial charge on any atom is 0.132 e. The molecule has 3 heteroatoms. The van der Waals surface area contributed by atoms with E-state index in [1.807, 2.05) is 0 Å². The highest BCUT2D eigenvalue weighted by Crippen LogP contribution is 2.27. The number of ether oxygens (including phenoxy) is 1. The molecule has 2 rings (SSSR count). The zero-order chi connectivity index (χ0) is 12.3. The Morgan fingerprint density at radius 2 is 2.12 bits per heavy atom. The van der Waals surface area contributed by atoms with Crippen LogP contribution < -0.4 is 4.74 Å². The molecule has 94 valence electrons. The van der Waals surface area contributed by atoms with Crippen molar-refractivity contribution in [1.82, 2.24) is 0 Å². The monoisotopic (exact) mass is 238 g/mol. The van der Waals surface area contributed by atoms with Crippen molar-refractivity contribution in [3.05, 3.63) is 29.6 Å². The van der Waals surface area contributed by atoms with Crippen molar-refractivity contribution in [3.63, 3.8) is 0 Å². The van der Waals surface area contributed by atoms with Crippen LogP contribution in [0, 0.1) is 11.7 Å². The minimum absolute atomic E-state index is 0.318. The second kappa shape index (κ2) is 5.50. The van der Waals surface area contributed by atoms with Crippen LogP contribution in [-0.2, 0) is 0 Å². The van der Waals surface area contributed by atoms with Gasteiger partial charge in [-0.25, -0.2) is 4.39 Å². The van der Waals surface area contributed by atoms with Gasteiger partial charge in [0.15, 0.2) is 0 Å². The number of benzene rings is 1. The fourth-order valence-corrected chi connectivity index (χ4v) is 2.33. The Bertz CT molecular complexity index is 370.